The fourth-order valence-electron chi connectivity index (χ4n) is 2.32. The summed E-state index contributed by atoms with van der Waals surface area (Å²) in [4.78, 5) is 12.5. The molecule has 3 aromatic rings. The number of ether oxygens (including phenoxy) is 1. The Morgan fingerprint density at radius 2 is 1.82 bits per heavy atom. The molecule has 0 radical (unpaired) electrons. The van der Waals surface area contributed by atoms with Gasteiger partial charge in [0.15, 0.2) is 11.4 Å². The predicted molar refractivity (Wildman–Crippen MR) is 105 cm³/mol. The standard InChI is InChI=1S/C18H12Br2F3N3O2/c1-26-15(9-14(25-26)18(21,22)23)28-13-8-11(19)7-12(20)16(13)24-17(27)10-5-3-2-4-6-10/h2-9H,1H3,(H,24,27). The molecular formula is C18H12Br2F3N3O2. The average molecular weight is 519 g/mol. The van der Waals surface area contributed by atoms with Crippen molar-refractivity contribution in [3.05, 3.63) is 68.7 Å². The molecule has 0 unspecified atom stereocenters. The number of hydrogen-bond donors (Lipinski definition) is 1. The molecule has 146 valence electrons. The molecule has 0 saturated carbocycles. The molecular weight excluding hydrogens is 507 g/mol. The van der Waals surface area contributed by atoms with Crippen molar-refractivity contribution in [3.63, 3.8) is 0 Å². The van der Waals surface area contributed by atoms with Crippen molar-refractivity contribution < 1.29 is 22.7 Å². The summed E-state index contributed by atoms with van der Waals surface area (Å²) in [6.07, 6.45) is -4.60. The molecule has 0 bridgehead atoms. The van der Waals surface area contributed by atoms with E-state index < -0.39 is 17.8 Å². The SMILES string of the molecule is Cn1nc(C(F)(F)F)cc1Oc1cc(Br)cc(Br)c1NC(=O)c1ccccc1. The number of carbonyl (C=O) groups is 1. The summed E-state index contributed by atoms with van der Waals surface area (Å²) in [7, 11) is 1.33. The Kier molecular flexibility index (Phi) is 5.80. The van der Waals surface area contributed by atoms with Crippen LogP contribution in [0.3, 0.4) is 0 Å². The molecule has 2 aromatic carbocycles. The van der Waals surface area contributed by atoms with Crippen molar-refractivity contribution in [1.82, 2.24) is 9.78 Å². The smallest absolute Gasteiger partial charge is 0.435 e. The fraction of sp³-hybridized carbons (Fsp3) is 0.111. The maximum Gasteiger partial charge on any atom is 0.435 e. The lowest BCUT2D eigenvalue weighted by atomic mass is 10.2. The third-order valence-electron chi connectivity index (χ3n) is 3.64. The van der Waals surface area contributed by atoms with E-state index in [9.17, 15) is 18.0 Å². The minimum Gasteiger partial charge on any atom is -0.437 e. The van der Waals surface area contributed by atoms with Crippen LogP contribution in [-0.2, 0) is 13.2 Å². The number of hydrogen-bond acceptors (Lipinski definition) is 3. The van der Waals surface area contributed by atoms with Crippen molar-refractivity contribution >= 4 is 43.5 Å². The normalized spacial score (nSPS) is 11.4. The maximum atomic E-state index is 12.9. The second kappa shape index (κ2) is 7.96. The highest BCUT2D eigenvalue weighted by atomic mass is 79.9. The predicted octanol–water partition coefficient (Wildman–Crippen LogP) is 6.01. The summed E-state index contributed by atoms with van der Waals surface area (Å²) in [5, 5.41) is 6.13. The number of anilines is 1. The first-order valence-electron chi connectivity index (χ1n) is 7.79. The highest BCUT2D eigenvalue weighted by molar-refractivity contribution is 9.11. The van der Waals surface area contributed by atoms with E-state index in [1.807, 2.05) is 0 Å². The van der Waals surface area contributed by atoms with Crippen LogP contribution in [0.5, 0.6) is 11.6 Å². The Bertz CT molecular complexity index is 1020. The van der Waals surface area contributed by atoms with Gasteiger partial charge in [0, 0.05) is 27.6 Å². The summed E-state index contributed by atoms with van der Waals surface area (Å²) in [6, 6.07) is 12.5. The minimum absolute atomic E-state index is 0.132. The van der Waals surface area contributed by atoms with Gasteiger partial charge in [-0.25, -0.2) is 4.68 Å². The number of nitrogens with zero attached hydrogens (tertiary/aromatic N) is 2. The van der Waals surface area contributed by atoms with Crippen molar-refractivity contribution in [2.45, 2.75) is 6.18 Å². The van der Waals surface area contributed by atoms with Crippen LogP contribution in [0, 0.1) is 0 Å². The second-order valence-corrected chi connectivity index (χ2v) is 7.44. The second-order valence-electron chi connectivity index (χ2n) is 5.67. The maximum absolute atomic E-state index is 12.9. The largest absolute Gasteiger partial charge is 0.437 e. The molecule has 5 nitrogen and oxygen atoms in total. The number of rotatable bonds is 4. The summed E-state index contributed by atoms with van der Waals surface area (Å²) in [6.45, 7) is 0. The molecule has 10 heteroatoms. The zero-order chi connectivity index (χ0) is 20.5. The third-order valence-corrected chi connectivity index (χ3v) is 4.72. The van der Waals surface area contributed by atoms with E-state index in [1.165, 1.54) is 13.1 Å². The van der Waals surface area contributed by atoms with E-state index in [1.54, 1.807) is 36.4 Å². The van der Waals surface area contributed by atoms with Gasteiger partial charge in [-0.15, -0.1) is 0 Å². The molecule has 3 rings (SSSR count). The van der Waals surface area contributed by atoms with Crippen LogP contribution in [0.2, 0.25) is 0 Å². The van der Waals surface area contributed by atoms with Gasteiger partial charge < -0.3 is 10.1 Å². The Labute approximate surface area is 174 Å². The van der Waals surface area contributed by atoms with E-state index in [0.717, 1.165) is 10.7 Å². The Balaban J connectivity index is 1.96. The number of carbonyl (C=O) groups excluding carboxylic acids is 1. The van der Waals surface area contributed by atoms with E-state index in [4.69, 9.17) is 4.74 Å². The van der Waals surface area contributed by atoms with Crippen LogP contribution in [0.4, 0.5) is 18.9 Å². The van der Waals surface area contributed by atoms with Crippen molar-refractivity contribution in [3.8, 4) is 11.6 Å². The van der Waals surface area contributed by atoms with Crippen LogP contribution in [-0.4, -0.2) is 15.7 Å². The van der Waals surface area contributed by atoms with Crippen LogP contribution >= 0.6 is 31.9 Å². The van der Waals surface area contributed by atoms with E-state index in [2.05, 4.69) is 42.3 Å². The Hall–Kier alpha value is -2.33. The summed E-state index contributed by atoms with van der Waals surface area (Å²) in [5.41, 5.74) is -0.385. The van der Waals surface area contributed by atoms with Gasteiger partial charge in [-0.2, -0.15) is 18.3 Å². The lowest BCUT2D eigenvalue weighted by Crippen LogP contribution is -2.13. The highest BCUT2D eigenvalue weighted by Crippen LogP contribution is 2.40. The summed E-state index contributed by atoms with van der Waals surface area (Å²) in [5.74, 6) is -0.385. The molecule has 0 atom stereocenters. The molecule has 1 N–H and O–H groups in total. The van der Waals surface area contributed by atoms with Crippen molar-refractivity contribution in [1.29, 1.82) is 0 Å². The quantitative estimate of drug-likeness (QED) is 0.460. The van der Waals surface area contributed by atoms with Gasteiger partial charge in [0.2, 0.25) is 5.88 Å². The van der Waals surface area contributed by atoms with Gasteiger partial charge in [0.1, 0.15) is 0 Å². The number of aromatic nitrogens is 2. The molecule has 1 amide bonds. The first-order chi connectivity index (χ1) is 13.1. The third kappa shape index (κ3) is 4.56. The molecule has 0 aliphatic carbocycles. The molecule has 0 saturated heterocycles. The van der Waals surface area contributed by atoms with Crippen LogP contribution in [0.15, 0.2) is 57.5 Å². The van der Waals surface area contributed by atoms with Gasteiger partial charge in [-0.1, -0.05) is 34.1 Å². The van der Waals surface area contributed by atoms with Crippen molar-refractivity contribution in [2.75, 3.05) is 5.32 Å². The molecule has 0 aliphatic rings. The molecule has 0 spiro atoms. The van der Waals surface area contributed by atoms with Crippen LogP contribution in [0.25, 0.3) is 0 Å². The molecule has 28 heavy (non-hydrogen) atoms. The highest BCUT2D eigenvalue weighted by Gasteiger charge is 2.35. The topological polar surface area (TPSA) is 56.1 Å². The molecule has 0 aliphatic heterocycles. The minimum atomic E-state index is -4.60. The monoisotopic (exact) mass is 517 g/mol. The Morgan fingerprint density at radius 1 is 1.14 bits per heavy atom. The number of halogens is 5. The number of nitrogens with one attached hydrogen (secondary N) is 1. The Morgan fingerprint density at radius 3 is 2.43 bits per heavy atom. The first kappa shape index (κ1) is 20.4. The van der Waals surface area contributed by atoms with Crippen molar-refractivity contribution in [2.24, 2.45) is 7.05 Å². The van der Waals surface area contributed by atoms with Crippen LogP contribution in [0.1, 0.15) is 16.1 Å². The van der Waals surface area contributed by atoms with Crippen LogP contribution < -0.4 is 10.1 Å². The number of aryl methyl sites for hydroxylation is 1. The van der Waals surface area contributed by atoms with E-state index in [0.29, 0.717) is 14.5 Å². The van der Waals surface area contributed by atoms with E-state index >= 15 is 0 Å². The van der Waals surface area contributed by atoms with E-state index in [-0.39, 0.29) is 17.3 Å². The zero-order valence-corrected chi connectivity index (χ0v) is 17.4. The van der Waals surface area contributed by atoms with Gasteiger partial charge in [-0.3, -0.25) is 4.79 Å². The van der Waals surface area contributed by atoms with Gasteiger partial charge in [0.25, 0.3) is 5.91 Å². The molecule has 1 heterocycles. The van der Waals surface area contributed by atoms with Gasteiger partial charge in [-0.05, 0) is 40.2 Å². The first-order valence-corrected chi connectivity index (χ1v) is 9.38. The fourth-order valence-corrected chi connectivity index (χ4v) is 3.61. The summed E-state index contributed by atoms with van der Waals surface area (Å²) >= 11 is 6.64. The molecule has 1 aromatic heterocycles. The lowest BCUT2D eigenvalue weighted by molar-refractivity contribution is -0.141. The summed E-state index contributed by atoms with van der Waals surface area (Å²) < 4.78 is 46.4. The number of amides is 1. The van der Waals surface area contributed by atoms with Gasteiger partial charge >= 0.3 is 6.18 Å². The molecule has 0 fully saturated rings. The lowest BCUT2D eigenvalue weighted by Gasteiger charge is -2.14. The average Bonchev–Trinajstić information content (AvgIpc) is 2.99. The number of benzene rings is 2. The zero-order valence-electron chi connectivity index (χ0n) is 14.2. The van der Waals surface area contributed by atoms with Gasteiger partial charge in [0.05, 0.1) is 5.69 Å². The number of alkyl halides is 3.